The maximum absolute atomic E-state index is 6.28. The molecule has 3 heterocycles. The monoisotopic (exact) mass is 337 g/mol. The Bertz CT molecular complexity index is 925. The molecule has 0 fully saturated rings. The molecule has 0 radical (unpaired) electrons. The highest BCUT2D eigenvalue weighted by Crippen LogP contribution is 2.33. The number of halogens is 1. The van der Waals surface area contributed by atoms with E-state index in [9.17, 15) is 0 Å². The van der Waals surface area contributed by atoms with Gasteiger partial charge in [0.25, 0.3) is 0 Å². The summed E-state index contributed by atoms with van der Waals surface area (Å²) in [4.78, 5) is 6.48. The van der Waals surface area contributed by atoms with Crippen LogP contribution < -0.4 is 0 Å². The summed E-state index contributed by atoms with van der Waals surface area (Å²) in [6, 6.07) is 10.3. The second-order valence-electron chi connectivity index (χ2n) is 6.49. The summed E-state index contributed by atoms with van der Waals surface area (Å²) in [7, 11) is 2.18. The summed E-state index contributed by atoms with van der Waals surface area (Å²) in [5.74, 6) is 0. The summed E-state index contributed by atoms with van der Waals surface area (Å²) < 4.78 is 2.33. The summed E-state index contributed by atoms with van der Waals surface area (Å²) in [6.45, 7) is 4.22. The van der Waals surface area contributed by atoms with Crippen LogP contribution in [-0.2, 0) is 13.0 Å². The lowest BCUT2D eigenvalue weighted by molar-refractivity contribution is 0.312. The lowest BCUT2D eigenvalue weighted by Gasteiger charge is -2.23. The van der Waals surface area contributed by atoms with Crippen LogP contribution in [0.25, 0.3) is 22.7 Å². The molecule has 0 bridgehead atoms. The zero-order valence-corrected chi connectivity index (χ0v) is 14.7. The van der Waals surface area contributed by atoms with Crippen molar-refractivity contribution in [2.24, 2.45) is 0 Å². The Morgan fingerprint density at radius 2 is 2.00 bits per heavy atom. The van der Waals surface area contributed by atoms with E-state index in [-0.39, 0.29) is 0 Å². The largest absolute Gasteiger partial charge is 0.320 e. The summed E-state index contributed by atoms with van der Waals surface area (Å²) >= 11 is 6.28. The Balaban J connectivity index is 1.93. The average Bonchev–Trinajstić information content (AvgIpc) is 2.88. The Hall–Kier alpha value is -2.10. The minimum Gasteiger partial charge on any atom is -0.320 e. The van der Waals surface area contributed by atoms with Crippen molar-refractivity contribution >= 4 is 34.3 Å². The number of nitrogens with zero attached hydrogens (tertiary/aromatic N) is 3. The molecule has 0 aliphatic carbocycles. The molecule has 1 aromatic carbocycles. The Morgan fingerprint density at radius 3 is 2.79 bits per heavy atom. The van der Waals surface area contributed by atoms with Gasteiger partial charge in [0.15, 0.2) is 0 Å². The van der Waals surface area contributed by atoms with Crippen LogP contribution in [0.4, 0.5) is 0 Å². The third-order valence-corrected chi connectivity index (χ3v) is 5.04. The highest BCUT2D eigenvalue weighted by molar-refractivity contribution is 6.31. The molecular weight excluding hydrogens is 318 g/mol. The van der Waals surface area contributed by atoms with Crippen LogP contribution in [0, 0.1) is 0 Å². The highest BCUT2D eigenvalue weighted by Gasteiger charge is 2.21. The summed E-state index contributed by atoms with van der Waals surface area (Å²) in [5.41, 5.74) is 6.43. The van der Waals surface area contributed by atoms with Crippen LogP contribution in [0.2, 0.25) is 5.02 Å². The molecule has 0 saturated heterocycles. The Labute approximate surface area is 147 Å². The van der Waals surface area contributed by atoms with Crippen LogP contribution in [0.5, 0.6) is 0 Å². The second kappa shape index (κ2) is 6.08. The van der Waals surface area contributed by atoms with E-state index in [1.54, 1.807) is 0 Å². The van der Waals surface area contributed by atoms with Crippen LogP contribution in [0.3, 0.4) is 0 Å². The number of benzene rings is 1. The maximum atomic E-state index is 6.28. The van der Waals surface area contributed by atoms with Gasteiger partial charge in [-0.2, -0.15) is 0 Å². The number of fused-ring (bicyclic) bond motifs is 3. The zero-order valence-electron chi connectivity index (χ0n) is 14.0. The molecule has 0 amide bonds. The van der Waals surface area contributed by atoms with Gasteiger partial charge in [-0.05, 0) is 54.9 Å². The van der Waals surface area contributed by atoms with Crippen LogP contribution >= 0.6 is 11.6 Å². The fourth-order valence-corrected chi connectivity index (χ4v) is 3.70. The van der Waals surface area contributed by atoms with Crippen molar-refractivity contribution in [1.29, 1.82) is 0 Å². The Morgan fingerprint density at radius 1 is 1.21 bits per heavy atom. The summed E-state index contributed by atoms with van der Waals surface area (Å²) in [6.07, 6.45) is 6.96. The molecule has 24 heavy (non-hydrogen) atoms. The molecule has 0 unspecified atom stereocenters. The van der Waals surface area contributed by atoms with Crippen molar-refractivity contribution in [3.8, 4) is 0 Å². The summed E-state index contributed by atoms with van der Waals surface area (Å²) in [5, 5.41) is 2.08. The van der Waals surface area contributed by atoms with Gasteiger partial charge in [0, 0.05) is 54.2 Å². The molecule has 0 N–H and O–H groups in total. The van der Waals surface area contributed by atoms with Gasteiger partial charge < -0.3 is 9.47 Å². The molecule has 122 valence electrons. The smallest absolute Gasteiger partial charge is 0.0543 e. The predicted molar refractivity (Wildman–Crippen MR) is 101 cm³/mol. The fourth-order valence-electron chi connectivity index (χ4n) is 3.53. The molecule has 3 aromatic rings. The molecule has 1 aliphatic heterocycles. The molecule has 2 aromatic heterocycles. The first-order valence-electron chi connectivity index (χ1n) is 8.22. The van der Waals surface area contributed by atoms with Gasteiger partial charge in [0.1, 0.15) is 0 Å². The zero-order chi connectivity index (χ0) is 16.7. The van der Waals surface area contributed by atoms with Gasteiger partial charge in [-0.25, -0.2) is 0 Å². The molecule has 4 rings (SSSR count). The van der Waals surface area contributed by atoms with E-state index < -0.39 is 0 Å². The van der Waals surface area contributed by atoms with Gasteiger partial charge in [-0.1, -0.05) is 17.7 Å². The van der Waals surface area contributed by atoms with E-state index in [2.05, 4.69) is 46.8 Å². The normalized spacial score (nSPS) is 15.7. The van der Waals surface area contributed by atoms with Crippen molar-refractivity contribution in [3.05, 3.63) is 64.6 Å². The van der Waals surface area contributed by atoms with Crippen molar-refractivity contribution in [2.75, 3.05) is 13.6 Å². The molecular formula is C20H20ClN3. The van der Waals surface area contributed by atoms with Crippen LogP contribution in [0.1, 0.15) is 23.7 Å². The highest BCUT2D eigenvalue weighted by atomic mass is 35.5. The van der Waals surface area contributed by atoms with E-state index in [1.165, 1.54) is 33.3 Å². The first-order chi connectivity index (χ1) is 11.6. The molecule has 1 aliphatic rings. The van der Waals surface area contributed by atoms with E-state index in [0.29, 0.717) is 0 Å². The molecule has 4 heteroatoms. The van der Waals surface area contributed by atoms with Crippen LogP contribution in [-0.4, -0.2) is 28.0 Å². The quantitative estimate of drug-likeness (QED) is 0.676. The number of rotatable bonds is 2. The number of allylic oxidation sites excluding steroid dienone is 1. The lowest BCUT2D eigenvalue weighted by atomic mass is 10.1. The van der Waals surface area contributed by atoms with Gasteiger partial charge in [0.2, 0.25) is 0 Å². The minimum absolute atomic E-state index is 0.780. The van der Waals surface area contributed by atoms with Gasteiger partial charge in [-0.3, -0.25) is 4.98 Å². The SMILES string of the molecule is C/C(=C\n1c2c(c3ccc(Cl)cc31)CN(C)CC2)c1ccncc1. The van der Waals surface area contributed by atoms with Gasteiger partial charge in [-0.15, -0.1) is 0 Å². The molecule has 0 atom stereocenters. The van der Waals surface area contributed by atoms with Gasteiger partial charge >= 0.3 is 0 Å². The number of pyridine rings is 1. The van der Waals surface area contributed by atoms with E-state index in [4.69, 9.17) is 11.6 Å². The average molecular weight is 338 g/mol. The van der Waals surface area contributed by atoms with Crippen LogP contribution in [0.15, 0.2) is 42.7 Å². The van der Waals surface area contributed by atoms with Crippen molar-refractivity contribution in [2.45, 2.75) is 19.9 Å². The van der Waals surface area contributed by atoms with Crippen molar-refractivity contribution in [1.82, 2.24) is 14.5 Å². The third kappa shape index (κ3) is 2.64. The molecule has 0 spiro atoms. The third-order valence-electron chi connectivity index (χ3n) is 4.80. The minimum atomic E-state index is 0.780. The Kier molecular flexibility index (Phi) is 3.91. The van der Waals surface area contributed by atoms with Crippen molar-refractivity contribution < 1.29 is 0 Å². The topological polar surface area (TPSA) is 21.1 Å². The predicted octanol–water partition coefficient (Wildman–Crippen LogP) is 4.70. The first kappa shape index (κ1) is 15.4. The molecule has 3 nitrogen and oxygen atoms in total. The number of aromatic nitrogens is 2. The second-order valence-corrected chi connectivity index (χ2v) is 6.93. The van der Waals surface area contributed by atoms with E-state index >= 15 is 0 Å². The van der Waals surface area contributed by atoms with E-state index in [0.717, 1.165) is 24.5 Å². The fraction of sp³-hybridized carbons (Fsp3) is 0.250. The number of likely N-dealkylation sites (N-methyl/N-ethyl adjacent to an activating group) is 1. The lowest BCUT2D eigenvalue weighted by Crippen LogP contribution is -2.26. The number of hydrogen-bond acceptors (Lipinski definition) is 2. The maximum Gasteiger partial charge on any atom is 0.0543 e. The van der Waals surface area contributed by atoms with Gasteiger partial charge in [0.05, 0.1) is 5.52 Å². The standard InChI is InChI=1S/C20H20ClN3/c1-14(15-5-8-22-9-6-15)12-24-19-7-10-23(2)13-18(19)17-4-3-16(21)11-20(17)24/h3-6,8-9,11-12H,7,10,13H2,1-2H3/b14-12+. The van der Waals surface area contributed by atoms with Crippen molar-refractivity contribution in [3.63, 3.8) is 0 Å². The molecule has 0 saturated carbocycles. The number of hydrogen-bond donors (Lipinski definition) is 0. The first-order valence-corrected chi connectivity index (χ1v) is 8.60. The van der Waals surface area contributed by atoms with E-state index in [1.807, 2.05) is 30.6 Å².